The van der Waals surface area contributed by atoms with Gasteiger partial charge in [-0.25, -0.2) is 14.4 Å². The van der Waals surface area contributed by atoms with Crippen LogP contribution in [-0.2, 0) is 6.18 Å². The van der Waals surface area contributed by atoms with Gasteiger partial charge in [-0.15, -0.1) is 0 Å². The minimum absolute atomic E-state index is 0.0638. The molecule has 1 N–H and O–H groups in total. The van der Waals surface area contributed by atoms with E-state index in [-0.39, 0.29) is 17.5 Å². The van der Waals surface area contributed by atoms with E-state index in [2.05, 4.69) is 27.0 Å². The van der Waals surface area contributed by atoms with Crippen molar-refractivity contribution >= 4 is 40.6 Å². The summed E-state index contributed by atoms with van der Waals surface area (Å²) in [5.41, 5.74) is 2.03. The second-order valence-corrected chi connectivity index (χ2v) is 7.88. The Morgan fingerprint density at radius 1 is 1.09 bits per heavy atom. The largest absolute Gasteiger partial charge is 0.417 e. The van der Waals surface area contributed by atoms with E-state index in [4.69, 9.17) is 11.6 Å². The van der Waals surface area contributed by atoms with Crippen molar-refractivity contribution in [3.05, 3.63) is 107 Å². The maximum Gasteiger partial charge on any atom is 0.417 e. The SMILES string of the molecule is C=C(/C(=C1/C=CC=NN1C)c1ccnc(Nc2ccc(Cl)c(C(F)(F)F)c2)n1)c1ccc(F)cc1. The van der Waals surface area contributed by atoms with Crippen LogP contribution < -0.4 is 5.32 Å². The molecule has 5 nitrogen and oxygen atoms in total. The van der Waals surface area contributed by atoms with Gasteiger partial charge in [-0.05, 0) is 59.7 Å². The van der Waals surface area contributed by atoms with Gasteiger partial charge < -0.3 is 5.32 Å². The number of likely N-dealkylation sites (N-methyl/N-ethyl adjacent to an activating group) is 1. The summed E-state index contributed by atoms with van der Waals surface area (Å²) in [6.07, 6.45) is 2.05. The third-order valence-corrected chi connectivity index (χ3v) is 5.45. The molecule has 4 rings (SSSR count). The summed E-state index contributed by atoms with van der Waals surface area (Å²) < 4.78 is 53.2. The average molecular weight is 500 g/mol. The topological polar surface area (TPSA) is 53.4 Å². The first kappa shape index (κ1) is 24.2. The second-order valence-electron chi connectivity index (χ2n) is 7.48. The Labute approximate surface area is 203 Å². The number of hydrazone groups is 1. The Hall–Kier alpha value is -3.98. The summed E-state index contributed by atoms with van der Waals surface area (Å²) in [5, 5.41) is 8.28. The normalized spacial score (nSPS) is 14.7. The third-order valence-electron chi connectivity index (χ3n) is 5.12. The van der Waals surface area contributed by atoms with E-state index >= 15 is 0 Å². The van der Waals surface area contributed by atoms with E-state index in [0.29, 0.717) is 28.1 Å². The lowest BCUT2D eigenvalue weighted by Crippen LogP contribution is -2.15. The van der Waals surface area contributed by atoms with Crippen molar-refractivity contribution in [2.75, 3.05) is 12.4 Å². The number of halogens is 5. The van der Waals surface area contributed by atoms with E-state index in [1.54, 1.807) is 42.5 Å². The fourth-order valence-electron chi connectivity index (χ4n) is 3.43. The van der Waals surface area contributed by atoms with Gasteiger partial charge in [-0.3, -0.25) is 5.01 Å². The summed E-state index contributed by atoms with van der Waals surface area (Å²) in [4.78, 5) is 8.65. The summed E-state index contributed by atoms with van der Waals surface area (Å²) in [6.45, 7) is 4.19. The van der Waals surface area contributed by atoms with Gasteiger partial charge >= 0.3 is 6.18 Å². The van der Waals surface area contributed by atoms with Crippen LogP contribution >= 0.6 is 11.6 Å². The number of alkyl halides is 3. The number of hydrogen-bond donors (Lipinski definition) is 1. The molecule has 0 radical (unpaired) electrons. The molecule has 0 atom stereocenters. The first-order valence-corrected chi connectivity index (χ1v) is 10.6. The molecule has 178 valence electrons. The molecule has 1 aliphatic heterocycles. The second kappa shape index (κ2) is 9.71. The predicted molar refractivity (Wildman–Crippen MR) is 130 cm³/mol. The standard InChI is InChI=1S/C25H18ClF4N5/c1-15(16-5-7-17(27)8-6-16)23(22-4-3-12-32-35(22)2)21-11-13-31-24(34-21)33-18-9-10-20(26)19(14-18)25(28,29)30/h3-14H,1H2,2H3,(H,31,33,34)/b23-22+. The Morgan fingerprint density at radius 3 is 2.51 bits per heavy atom. The van der Waals surface area contributed by atoms with Crippen molar-refractivity contribution in [3.63, 3.8) is 0 Å². The minimum Gasteiger partial charge on any atom is -0.324 e. The predicted octanol–water partition coefficient (Wildman–Crippen LogP) is 6.94. The molecule has 10 heteroatoms. The zero-order valence-corrected chi connectivity index (χ0v) is 19.1. The van der Waals surface area contributed by atoms with Gasteiger partial charge in [0.15, 0.2) is 0 Å². The molecule has 2 aromatic carbocycles. The number of nitrogens with one attached hydrogen (secondary N) is 1. The number of hydrogen-bond acceptors (Lipinski definition) is 5. The molecule has 0 saturated carbocycles. The highest BCUT2D eigenvalue weighted by atomic mass is 35.5. The number of rotatable bonds is 5. The van der Waals surface area contributed by atoms with Gasteiger partial charge in [-0.2, -0.15) is 18.3 Å². The van der Waals surface area contributed by atoms with E-state index in [1.807, 2.05) is 6.08 Å². The molecule has 2 heterocycles. The Balaban J connectivity index is 1.76. The van der Waals surface area contributed by atoms with Crippen LogP contribution in [0.1, 0.15) is 16.8 Å². The van der Waals surface area contributed by atoms with Crippen LogP contribution in [0.15, 0.2) is 84.3 Å². The van der Waals surface area contributed by atoms with Crippen molar-refractivity contribution < 1.29 is 17.6 Å². The molecule has 0 fully saturated rings. The van der Waals surface area contributed by atoms with Crippen LogP contribution in [0.5, 0.6) is 0 Å². The molecule has 0 aliphatic carbocycles. The maximum absolute atomic E-state index is 13.5. The molecule has 0 bridgehead atoms. The first-order chi connectivity index (χ1) is 16.6. The maximum atomic E-state index is 13.5. The van der Waals surface area contributed by atoms with Crippen molar-refractivity contribution in [2.45, 2.75) is 6.18 Å². The molecule has 1 aromatic heterocycles. The zero-order chi connectivity index (χ0) is 25.2. The highest BCUT2D eigenvalue weighted by Crippen LogP contribution is 2.37. The highest BCUT2D eigenvalue weighted by molar-refractivity contribution is 6.31. The number of nitrogens with zero attached hydrogens (tertiary/aromatic N) is 4. The Morgan fingerprint density at radius 2 is 1.83 bits per heavy atom. The van der Waals surface area contributed by atoms with Crippen LogP contribution in [0.3, 0.4) is 0 Å². The van der Waals surface area contributed by atoms with Crippen LogP contribution in [-0.4, -0.2) is 28.2 Å². The number of aromatic nitrogens is 2. The smallest absolute Gasteiger partial charge is 0.324 e. The number of benzene rings is 2. The van der Waals surface area contributed by atoms with Crippen LogP contribution in [0.4, 0.5) is 29.2 Å². The van der Waals surface area contributed by atoms with Gasteiger partial charge in [-0.1, -0.05) is 30.3 Å². The third kappa shape index (κ3) is 5.41. The van der Waals surface area contributed by atoms with Crippen LogP contribution in [0, 0.1) is 5.82 Å². The highest BCUT2D eigenvalue weighted by Gasteiger charge is 2.33. The van der Waals surface area contributed by atoms with Gasteiger partial charge in [0.05, 0.1) is 22.0 Å². The molecule has 3 aromatic rings. The molecule has 0 saturated heterocycles. The molecule has 0 unspecified atom stereocenters. The average Bonchev–Trinajstić information content (AvgIpc) is 2.82. The van der Waals surface area contributed by atoms with Gasteiger partial charge in [0.1, 0.15) is 5.82 Å². The van der Waals surface area contributed by atoms with Crippen molar-refractivity contribution in [1.29, 1.82) is 0 Å². The van der Waals surface area contributed by atoms with Crippen molar-refractivity contribution in [1.82, 2.24) is 15.0 Å². The summed E-state index contributed by atoms with van der Waals surface area (Å²) in [6, 6.07) is 10.9. The number of allylic oxidation sites excluding steroid dienone is 4. The monoisotopic (exact) mass is 499 g/mol. The Kier molecular flexibility index (Phi) is 6.70. The molecule has 0 amide bonds. The summed E-state index contributed by atoms with van der Waals surface area (Å²) >= 11 is 5.71. The summed E-state index contributed by atoms with van der Waals surface area (Å²) in [5.74, 6) is -0.321. The lowest BCUT2D eigenvalue weighted by molar-refractivity contribution is -0.137. The fraction of sp³-hybridized carbons (Fsp3) is 0.0800. The molecular formula is C25H18ClF4N5. The van der Waals surface area contributed by atoms with E-state index < -0.39 is 16.8 Å². The van der Waals surface area contributed by atoms with Crippen molar-refractivity contribution in [2.24, 2.45) is 5.10 Å². The van der Waals surface area contributed by atoms with Crippen LogP contribution in [0.2, 0.25) is 5.02 Å². The lowest BCUT2D eigenvalue weighted by atomic mass is 9.94. The van der Waals surface area contributed by atoms with Gasteiger partial charge in [0.25, 0.3) is 0 Å². The van der Waals surface area contributed by atoms with E-state index in [0.717, 1.165) is 12.1 Å². The molecule has 35 heavy (non-hydrogen) atoms. The lowest BCUT2D eigenvalue weighted by Gasteiger charge is -2.23. The fourth-order valence-corrected chi connectivity index (χ4v) is 3.66. The molecule has 1 aliphatic rings. The molecule has 0 spiro atoms. The first-order valence-electron chi connectivity index (χ1n) is 10.2. The van der Waals surface area contributed by atoms with E-state index in [9.17, 15) is 17.6 Å². The van der Waals surface area contributed by atoms with Crippen LogP contribution in [0.25, 0.3) is 11.1 Å². The number of anilines is 2. The quantitative estimate of drug-likeness (QED) is 0.386. The van der Waals surface area contributed by atoms with Crippen molar-refractivity contribution in [3.8, 4) is 0 Å². The Bertz CT molecular complexity index is 1360. The van der Waals surface area contributed by atoms with E-state index in [1.165, 1.54) is 24.4 Å². The minimum atomic E-state index is -4.61. The molecular weight excluding hydrogens is 482 g/mol. The summed E-state index contributed by atoms with van der Waals surface area (Å²) in [7, 11) is 1.75. The van der Waals surface area contributed by atoms with Gasteiger partial charge in [0.2, 0.25) is 5.95 Å². The van der Waals surface area contributed by atoms with Gasteiger partial charge in [0, 0.05) is 30.7 Å². The zero-order valence-electron chi connectivity index (χ0n) is 18.3.